The van der Waals surface area contributed by atoms with E-state index in [0.717, 1.165) is 17.7 Å². The number of aliphatic hydroxyl groups is 1. The lowest BCUT2D eigenvalue weighted by Crippen LogP contribution is -2.16. The maximum atomic E-state index is 13.7. The van der Waals surface area contributed by atoms with Crippen LogP contribution in [0.2, 0.25) is 0 Å². The number of hydrogen-bond donors (Lipinski definition) is 3. The minimum atomic E-state index is -0.785. The minimum absolute atomic E-state index is 0.0146. The zero-order valence-corrected chi connectivity index (χ0v) is 10.1. The molecule has 0 aliphatic rings. The first-order valence-electron chi connectivity index (χ1n) is 5.78. The number of nitrogens with two attached hydrogens (primary N) is 1. The number of nitrogens with one attached hydrogen (secondary N) is 1. The predicted octanol–water partition coefficient (Wildman–Crippen LogP) is 2.69. The lowest BCUT2D eigenvalue weighted by Gasteiger charge is -2.19. The Balaban J connectivity index is 2.29. The summed E-state index contributed by atoms with van der Waals surface area (Å²) in [5.74, 6) is -1.57. The first-order chi connectivity index (χ1) is 9.11. The summed E-state index contributed by atoms with van der Waals surface area (Å²) in [4.78, 5) is 0. The second kappa shape index (κ2) is 5.67. The van der Waals surface area contributed by atoms with Gasteiger partial charge in [-0.1, -0.05) is 30.3 Å². The molecule has 2 aromatic carbocycles. The maximum absolute atomic E-state index is 13.7. The summed E-state index contributed by atoms with van der Waals surface area (Å²) in [5, 5.41) is 12.0. The number of halogens is 2. The van der Waals surface area contributed by atoms with E-state index in [1.807, 2.05) is 6.07 Å². The van der Waals surface area contributed by atoms with E-state index >= 15 is 0 Å². The molecule has 0 amide bonds. The van der Waals surface area contributed by atoms with E-state index in [9.17, 15) is 13.9 Å². The van der Waals surface area contributed by atoms with Crippen molar-refractivity contribution in [2.24, 2.45) is 0 Å². The number of aliphatic hydroxyl groups excluding tert-OH is 1. The van der Waals surface area contributed by atoms with Crippen LogP contribution in [0.15, 0.2) is 42.5 Å². The van der Waals surface area contributed by atoms with Gasteiger partial charge >= 0.3 is 0 Å². The summed E-state index contributed by atoms with van der Waals surface area (Å²) in [6.07, 6.45) is 0. The fraction of sp³-hybridized carbons (Fsp3) is 0.143. The minimum Gasteiger partial charge on any atom is -0.399 e. The molecule has 2 rings (SSSR count). The van der Waals surface area contributed by atoms with Gasteiger partial charge in [0.15, 0.2) is 11.6 Å². The summed E-state index contributed by atoms with van der Waals surface area (Å²) in [6.45, 7) is -0.284. The largest absolute Gasteiger partial charge is 0.399 e. The molecule has 0 aliphatic heterocycles. The van der Waals surface area contributed by atoms with Crippen LogP contribution in [0.3, 0.4) is 0 Å². The molecule has 0 aliphatic carbocycles. The highest BCUT2D eigenvalue weighted by atomic mass is 19.1. The van der Waals surface area contributed by atoms with Crippen LogP contribution in [0.4, 0.5) is 20.2 Å². The van der Waals surface area contributed by atoms with Crippen molar-refractivity contribution >= 4 is 11.4 Å². The van der Waals surface area contributed by atoms with Crippen molar-refractivity contribution in [2.45, 2.75) is 6.04 Å². The van der Waals surface area contributed by atoms with Crippen molar-refractivity contribution in [3.63, 3.8) is 0 Å². The van der Waals surface area contributed by atoms with Crippen LogP contribution in [0, 0.1) is 11.6 Å². The van der Waals surface area contributed by atoms with Gasteiger partial charge in [-0.15, -0.1) is 0 Å². The number of hydrogen-bond acceptors (Lipinski definition) is 3. The highest BCUT2D eigenvalue weighted by Gasteiger charge is 2.16. The van der Waals surface area contributed by atoms with E-state index in [-0.39, 0.29) is 18.0 Å². The molecule has 0 fully saturated rings. The Kier molecular flexibility index (Phi) is 3.97. The first kappa shape index (κ1) is 13.3. The molecular weight excluding hydrogens is 250 g/mol. The molecule has 2 aromatic rings. The third kappa shape index (κ3) is 3.00. The van der Waals surface area contributed by atoms with Gasteiger partial charge in [0.1, 0.15) is 5.69 Å². The molecule has 100 valence electrons. The van der Waals surface area contributed by atoms with Crippen LogP contribution in [-0.4, -0.2) is 11.7 Å². The summed E-state index contributed by atoms with van der Waals surface area (Å²) in [5.41, 5.74) is 5.80. The van der Waals surface area contributed by atoms with Crippen LogP contribution in [0.5, 0.6) is 0 Å². The summed E-state index contributed by atoms with van der Waals surface area (Å²) in [7, 11) is 0. The van der Waals surface area contributed by atoms with Gasteiger partial charge in [-0.05, 0) is 17.7 Å². The Labute approximate surface area is 109 Å². The van der Waals surface area contributed by atoms with Gasteiger partial charge in [-0.3, -0.25) is 0 Å². The zero-order valence-electron chi connectivity index (χ0n) is 10.1. The molecule has 5 heteroatoms. The smallest absolute Gasteiger partial charge is 0.151 e. The van der Waals surface area contributed by atoms with Gasteiger partial charge in [0, 0.05) is 5.69 Å². The molecule has 0 radical (unpaired) electrons. The van der Waals surface area contributed by atoms with Crippen LogP contribution in [0.25, 0.3) is 0 Å². The van der Waals surface area contributed by atoms with E-state index in [1.165, 1.54) is 0 Å². The topological polar surface area (TPSA) is 58.3 Å². The van der Waals surface area contributed by atoms with E-state index in [1.54, 1.807) is 24.3 Å². The van der Waals surface area contributed by atoms with E-state index in [0.29, 0.717) is 0 Å². The summed E-state index contributed by atoms with van der Waals surface area (Å²) in [6, 6.07) is 10.4. The van der Waals surface area contributed by atoms with Crippen molar-refractivity contribution < 1.29 is 13.9 Å². The van der Waals surface area contributed by atoms with Crippen molar-refractivity contribution in [3.05, 3.63) is 59.7 Å². The van der Waals surface area contributed by atoms with Gasteiger partial charge in [-0.2, -0.15) is 0 Å². The predicted molar refractivity (Wildman–Crippen MR) is 70.7 cm³/mol. The fourth-order valence-corrected chi connectivity index (χ4v) is 1.82. The zero-order chi connectivity index (χ0) is 13.8. The lowest BCUT2D eigenvalue weighted by molar-refractivity contribution is 0.276. The highest BCUT2D eigenvalue weighted by molar-refractivity contribution is 5.55. The van der Waals surface area contributed by atoms with Crippen LogP contribution in [-0.2, 0) is 0 Å². The van der Waals surface area contributed by atoms with E-state index < -0.39 is 17.7 Å². The van der Waals surface area contributed by atoms with Crippen molar-refractivity contribution in [3.8, 4) is 0 Å². The average Bonchev–Trinajstić information content (AvgIpc) is 2.39. The molecule has 3 nitrogen and oxygen atoms in total. The number of nitrogen functional groups attached to an aromatic ring is 1. The fourth-order valence-electron chi connectivity index (χ4n) is 1.82. The van der Waals surface area contributed by atoms with Gasteiger partial charge in [0.05, 0.1) is 12.6 Å². The first-order valence-corrected chi connectivity index (χ1v) is 5.78. The summed E-state index contributed by atoms with van der Waals surface area (Å²) >= 11 is 0. The number of benzene rings is 2. The number of rotatable bonds is 4. The highest BCUT2D eigenvalue weighted by Crippen LogP contribution is 2.26. The molecule has 0 aromatic heterocycles. The lowest BCUT2D eigenvalue weighted by atomic mass is 10.1. The second-order valence-electron chi connectivity index (χ2n) is 4.15. The molecular formula is C14H14F2N2O. The molecule has 4 N–H and O–H groups in total. The Morgan fingerprint density at radius 3 is 2.21 bits per heavy atom. The standard InChI is InChI=1S/C14H14F2N2O/c15-11-6-10(17)7-12(16)14(11)18-13(8-19)9-4-2-1-3-5-9/h1-7,13,18-19H,8,17H2. The molecule has 1 atom stereocenters. The van der Waals surface area contributed by atoms with Crippen LogP contribution in [0.1, 0.15) is 11.6 Å². The second-order valence-corrected chi connectivity index (χ2v) is 4.15. The van der Waals surface area contributed by atoms with E-state index in [4.69, 9.17) is 5.73 Å². The van der Waals surface area contributed by atoms with Gasteiger partial charge in [-0.25, -0.2) is 8.78 Å². The molecule has 0 heterocycles. The average molecular weight is 264 g/mol. The molecule has 1 unspecified atom stereocenters. The summed E-state index contributed by atoms with van der Waals surface area (Å²) < 4.78 is 27.3. The van der Waals surface area contributed by atoms with Gasteiger partial charge < -0.3 is 16.2 Å². The molecule has 0 bridgehead atoms. The molecule has 19 heavy (non-hydrogen) atoms. The van der Waals surface area contributed by atoms with Crippen LogP contribution < -0.4 is 11.1 Å². The Bertz CT molecular complexity index is 538. The van der Waals surface area contributed by atoms with E-state index in [2.05, 4.69) is 5.32 Å². The van der Waals surface area contributed by atoms with Gasteiger partial charge in [0.2, 0.25) is 0 Å². The quantitative estimate of drug-likeness (QED) is 0.744. The Hall–Kier alpha value is -2.14. The van der Waals surface area contributed by atoms with Crippen LogP contribution >= 0.6 is 0 Å². The van der Waals surface area contributed by atoms with Crippen molar-refractivity contribution in [1.82, 2.24) is 0 Å². The molecule has 0 spiro atoms. The number of anilines is 2. The third-order valence-corrected chi connectivity index (χ3v) is 2.77. The van der Waals surface area contributed by atoms with Crippen molar-refractivity contribution in [1.29, 1.82) is 0 Å². The Morgan fingerprint density at radius 1 is 1.11 bits per heavy atom. The maximum Gasteiger partial charge on any atom is 0.151 e. The SMILES string of the molecule is Nc1cc(F)c(NC(CO)c2ccccc2)c(F)c1. The van der Waals surface area contributed by atoms with Crippen molar-refractivity contribution in [2.75, 3.05) is 17.7 Å². The molecule has 0 saturated heterocycles. The monoisotopic (exact) mass is 264 g/mol. The Morgan fingerprint density at radius 2 is 1.68 bits per heavy atom. The normalized spacial score (nSPS) is 12.2. The third-order valence-electron chi connectivity index (χ3n) is 2.77. The molecule has 0 saturated carbocycles. The van der Waals surface area contributed by atoms with Gasteiger partial charge in [0.25, 0.3) is 0 Å².